The molecule has 0 radical (unpaired) electrons. The fourth-order valence-electron chi connectivity index (χ4n) is 0.823. The molecule has 0 aromatic heterocycles. The van der Waals surface area contributed by atoms with Crippen molar-refractivity contribution in [2.45, 2.75) is 0 Å². The van der Waals surface area contributed by atoms with E-state index in [2.05, 4.69) is 20.5 Å². The number of aldehydes is 1. The maximum Gasteiger partial charge on any atom is 0.524 e. The first-order chi connectivity index (χ1) is 6.42. The van der Waals surface area contributed by atoms with Crippen molar-refractivity contribution in [3.63, 3.8) is 0 Å². The van der Waals surface area contributed by atoms with Gasteiger partial charge in [0.05, 0.1) is 5.56 Å². The van der Waals surface area contributed by atoms with Gasteiger partial charge in [0.25, 0.3) is 0 Å². The van der Waals surface area contributed by atoms with E-state index in [-0.39, 0.29) is 11.3 Å². The second kappa shape index (κ2) is 4.23. The van der Waals surface area contributed by atoms with E-state index in [0.717, 1.165) is 0 Å². The van der Waals surface area contributed by atoms with Gasteiger partial charge in [-0.25, -0.2) is 4.57 Å². The number of hydrogen-bond acceptors (Lipinski definition) is 3. The topological polar surface area (TPSA) is 83.8 Å². The summed E-state index contributed by atoms with van der Waals surface area (Å²) in [4.78, 5) is 27.6. The first kappa shape index (κ1) is 11.4. The number of rotatable bonds is 3. The van der Waals surface area contributed by atoms with Crippen LogP contribution < -0.4 is 4.52 Å². The molecule has 0 bridgehead atoms. The summed E-state index contributed by atoms with van der Waals surface area (Å²) < 4.78 is 15.4. The molecule has 0 saturated carbocycles. The van der Waals surface area contributed by atoms with Crippen LogP contribution in [-0.2, 0) is 4.57 Å². The maximum absolute atomic E-state index is 10.5. The van der Waals surface area contributed by atoms with Crippen LogP contribution in [0.1, 0.15) is 10.4 Å². The third-order valence-electron chi connectivity index (χ3n) is 1.32. The molecule has 1 rings (SSSR count). The van der Waals surface area contributed by atoms with Crippen LogP contribution in [0.2, 0.25) is 0 Å². The molecule has 0 unspecified atom stereocenters. The summed E-state index contributed by atoms with van der Waals surface area (Å²) >= 11 is 3.11. The third-order valence-corrected chi connectivity index (χ3v) is 2.24. The Bertz CT molecular complexity index is 399. The van der Waals surface area contributed by atoms with Crippen LogP contribution in [0, 0.1) is 0 Å². The normalized spacial score (nSPS) is 11.1. The molecular formula is C7H6BrO5P. The van der Waals surface area contributed by atoms with Gasteiger partial charge in [-0.1, -0.05) is 15.9 Å². The number of phosphoric ester groups is 1. The Morgan fingerprint density at radius 2 is 2.07 bits per heavy atom. The molecule has 0 saturated heterocycles. The predicted molar refractivity (Wildman–Crippen MR) is 52.2 cm³/mol. The highest BCUT2D eigenvalue weighted by molar-refractivity contribution is 9.10. The van der Waals surface area contributed by atoms with E-state index in [1.54, 1.807) is 0 Å². The summed E-state index contributed by atoms with van der Waals surface area (Å²) in [5.41, 5.74) is 0.0719. The molecular weight excluding hydrogens is 275 g/mol. The van der Waals surface area contributed by atoms with Gasteiger partial charge in [0, 0.05) is 4.47 Å². The van der Waals surface area contributed by atoms with Gasteiger partial charge in [-0.05, 0) is 18.2 Å². The molecule has 0 aliphatic rings. The van der Waals surface area contributed by atoms with Crippen molar-refractivity contribution in [2.75, 3.05) is 0 Å². The lowest BCUT2D eigenvalue weighted by atomic mass is 10.2. The van der Waals surface area contributed by atoms with Crippen molar-refractivity contribution < 1.29 is 23.7 Å². The second-order valence-electron chi connectivity index (χ2n) is 2.38. The van der Waals surface area contributed by atoms with Gasteiger partial charge >= 0.3 is 7.82 Å². The molecule has 7 heteroatoms. The summed E-state index contributed by atoms with van der Waals surface area (Å²) in [6.45, 7) is 0. The Kier molecular flexibility index (Phi) is 3.44. The molecule has 0 aliphatic carbocycles. The van der Waals surface area contributed by atoms with Gasteiger partial charge < -0.3 is 4.52 Å². The molecule has 0 amide bonds. The van der Waals surface area contributed by atoms with Crippen LogP contribution in [-0.4, -0.2) is 16.1 Å². The van der Waals surface area contributed by atoms with Gasteiger partial charge in [0.1, 0.15) is 5.75 Å². The Labute approximate surface area is 88.1 Å². The minimum atomic E-state index is -4.62. The lowest BCUT2D eigenvalue weighted by molar-refractivity contribution is 0.112. The Hall–Kier alpha value is -0.680. The number of phosphoric acid groups is 1. The number of carbonyl (C=O) groups excluding carboxylic acids is 1. The summed E-state index contributed by atoms with van der Waals surface area (Å²) in [7, 11) is -4.62. The SMILES string of the molecule is O=Cc1cc(Br)ccc1OP(=O)(O)O. The summed E-state index contributed by atoms with van der Waals surface area (Å²) in [6.07, 6.45) is 0.454. The standard InChI is InChI=1S/C7H6BrO5P/c8-6-1-2-7(5(3-6)4-9)13-14(10,11)12/h1-4H,(H2,10,11,12). The van der Waals surface area contributed by atoms with Gasteiger partial charge in [-0.15, -0.1) is 0 Å². The van der Waals surface area contributed by atoms with Crippen molar-refractivity contribution in [3.8, 4) is 5.75 Å². The van der Waals surface area contributed by atoms with Gasteiger partial charge in [0.2, 0.25) is 0 Å². The second-order valence-corrected chi connectivity index (χ2v) is 4.46. The molecule has 0 heterocycles. The Morgan fingerprint density at radius 1 is 1.43 bits per heavy atom. The van der Waals surface area contributed by atoms with E-state index in [4.69, 9.17) is 9.79 Å². The van der Waals surface area contributed by atoms with Crippen molar-refractivity contribution in [2.24, 2.45) is 0 Å². The minimum absolute atomic E-state index is 0.0719. The van der Waals surface area contributed by atoms with E-state index in [9.17, 15) is 9.36 Å². The summed E-state index contributed by atoms with van der Waals surface area (Å²) in [5.74, 6) is -0.142. The number of carbonyl (C=O) groups is 1. The van der Waals surface area contributed by atoms with E-state index in [0.29, 0.717) is 10.8 Å². The molecule has 2 N–H and O–H groups in total. The molecule has 0 aliphatic heterocycles. The van der Waals surface area contributed by atoms with Crippen LogP contribution in [0.3, 0.4) is 0 Å². The maximum atomic E-state index is 10.5. The zero-order valence-corrected chi connectivity index (χ0v) is 9.23. The van der Waals surface area contributed by atoms with Gasteiger partial charge in [0.15, 0.2) is 6.29 Å². The van der Waals surface area contributed by atoms with Crippen molar-refractivity contribution >= 4 is 30.0 Å². The molecule has 0 spiro atoms. The average Bonchev–Trinajstić information content (AvgIpc) is 2.06. The van der Waals surface area contributed by atoms with E-state index >= 15 is 0 Å². The molecule has 76 valence electrons. The fraction of sp³-hybridized carbons (Fsp3) is 0. The predicted octanol–water partition coefficient (Wildman–Crippen LogP) is 1.73. The highest BCUT2D eigenvalue weighted by Gasteiger charge is 2.18. The number of halogens is 1. The quantitative estimate of drug-likeness (QED) is 0.651. The fourth-order valence-corrected chi connectivity index (χ4v) is 1.62. The van der Waals surface area contributed by atoms with E-state index in [1.807, 2.05) is 0 Å². The highest BCUT2D eigenvalue weighted by Crippen LogP contribution is 2.39. The monoisotopic (exact) mass is 280 g/mol. The van der Waals surface area contributed by atoms with E-state index in [1.165, 1.54) is 18.2 Å². The highest BCUT2D eigenvalue weighted by atomic mass is 79.9. The lowest BCUT2D eigenvalue weighted by Gasteiger charge is -2.08. The lowest BCUT2D eigenvalue weighted by Crippen LogP contribution is -1.94. The zero-order valence-electron chi connectivity index (χ0n) is 6.75. The van der Waals surface area contributed by atoms with Gasteiger partial charge in [-0.3, -0.25) is 14.6 Å². The molecule has 1 aromatic carbocycles. The van der Waals surface area contributed by atoms with Crippen LogP contribution >= 0.6 is 23.8 Å². The molecule has 0 atom stereocenters. The van der Waals surface area contributed by atoms with Gasteiger partial charge in [-0.2, -0.15) is 0 Å². The Balaban J connectivity index is 3.09. The zero-order chi connectivity index (χ0) is 10.8. The van der Waals surface area contributed by atoms with E-state index < -0.39 is 7.82 Å². The minimum Gasteiger partial charge on any atom is -0.403 e. The molecule has 5 nitrogen and oxygen atoms in total. The van der Waals surface area contributed by atoms with Crippen molar-refractivity contribution in [1.29, 1.82) is 0 Å². The summed E-state index contributed by atoms with van der Waals surface area (Å²) in [5, 5.41) is 0. The smallest absolute Gasteiger partial charge is 0.403 e. The first-order valence-corrected chi connectivity index (χ1v) is 5.74. The Morgan fingerprint density at radius 3 is 2.57 bits per heavy atom. The molecule has 1 aromatic rings. The molecule has 0 fully saturated rings. The first-order valence-electron chi connectivity index (χ1n) is 3.42. The summed E-state index contributed by atoms with van der Waals surface area (Å²) in [6, 6.07) is 4.21. The van der Waals surface area contributed by atoms with Crippen LogP contribution in [0.4, 0.5) is 0 Å². The van der Waals surface area contributed by atoms with Crippen LogP contribution in [0.25, 0.3) is 0 Å². The third kappa shape index (κ3) is 3.23. The largest absolute Gasteiger partial charge is 0.524 e. The van der Waals surface area contributed by atoms with Crippen molar-refractivity contribution in [1.82, 2.24) is 0 Å². The number of benzene rings is 1. The molecule has 14 heavy (non-hydrogen) atoms. The van der Waals surface area contributed by atoms with Crippen LogP contribution in [0.15, 0.2) is 22.7 Å². The number of hydrogen-bond donors (Lipinski definition) is 2. The average molecular weight is 281 g/mol. The van der Waals surface area contributed by atoms with Crippen molar-refractivity contribution in [3.05, 3.63) is 28.2 Å². The van der Waals surface area contributed by atoms with Crippen LogP contribution in [0.5, 0.6) is 5.75 Å².